The highest BCUT2D eigenvalue weighted by molar-refractivity contribution is 6.09. The summed E-state index contributed by atoms with van der Waals surface area (Å²) in [4.78, 5) is 13.3. The molecule has 0 saturated carbocycles. The second-order valence-corrected chi connectivity index (χ2v) is 8.84. The normalized spacial score (nSPS) is 10.9. The Morgan fingerprint density at radius 3 is 1.46 bits per heavy atom. The summed E-state index contributed by atoms with van der Waals surface area (Å²) in [5.41, 5.74) is 2.83. The minimum atomic E-state index is -0.0957. The summed E-state index contributed by atoms with van der Waals surface area (Å²) in [6.45, 7) is 2.70. The summed E-state index contributed by atoms with van der Waals surface area (Å²) in [7, 11) is 3.21. The molecule has 0 spiro atoms. The molecule has 0 bridgehead atoms. The van der Waals surface area contributed by atoms with Gasteiger partial charge in [-0.25, -0.2) is 0 Å². The fraction of sp³-hybridized carbons (Fsp3) is 0.156. The van der Waals surface area contributed by atoms with E-state index >= 15 is 0 Å². The van der Waals surface area contributed by atoms with Gasteiger partial charge in [0.05, 0.1) is 14.2 Å². The predicted octanol–water partition coefficient (Wildman–Crippen LogP) is 6.84. The van der Waals surface area contributed by atoms with E-state index < -0.39 is 0 Å². The number of methoxy groups -OCH3 is 2. The molecule has 0 radical (unpaired) electrons. The summed E-state index contributed by atoms with van der Waals surface area (Å²) in [6, 6.07) is 29.0. The first-order valence-electron chi connectivity index (χ1n) is 12.1. The molecule has 0 N–H and O–H groups in total. The topological polar surface area (TPSA) is 54.0 Å². The van der Waals surface area contributed by atoms with Crippen molar-refractivity contribution in [2.75, 3.05) is 14.2 Å². The van der Waals surface area contributed by atoms with Crippen LogP contribution in [0.1, 0.15) is 16.7 Å². The maximum Gasteiger partial charge on any atom is 0.186 e. The molecule has 5 heteroatoms. The van der Waals surface area contributed by atoms with Crippen LogP contribution in [-0.4, -0.2) is 14.2 Å². The average Bonchev–Trinajstić information content (AvgIpc) is 3.04. The van der Waals surface area contributed by atoms with Crippen LogP contribution in [0.3, 0.4) is 0 Å². The monoisotopic (exact) mass is 492 g/mol. The number of rotatable bonds is 8. The van der Waals surface area contributed by atoms with Crippen molar-refractivity contribution in [3.05, 3.63) is 118 Å². The van der Waals surface area contributed by atoms with Gasteiger partial charge in [-0.05, 0) is 70.1 Å². The van der Waals surface area contributed by atoms with Gasteiger partial charge in [-0.2, -0.15) is 0 Å². The zero-order chi connectivity index (χ0) is 25.8. The van der Waals surface area contributed by atoms with Gasteiger partial charge in [-0.15, -0.1) is 0 Å². The third-order valence-electron chi connectivity index (χ3n) is 6.41. The molecule has 0 aliphatic carbocycles. The summed E-state index contributed by atoms with van der Waals surface area (Å²) in [5.74, 6) is 2.27. The molecule has 0 unspecified atom stereocenters. The summed E-state index contributed by atoms with van der Waals surface area (Å²) < 4.78 is 23.6. The van der Waals surface area contributed by atoms with Crippen LogP contribution in [0.25, 0.3) is 21.5 Å². The van der Waals surface area contributed by atoms with E-state index in [1.54, 1.807) is 26.4 Å². The van der Waals surface area contributed by atoms with Crippen LogP contribution in [0, 0.1) is 6.92 Å². The molecule has 186 valence electrons. The van der Waals surface area contributed by atoms with Crippen molar-refractivity contribution in [1.29, 1.82) is 0 Å². The largest absolute Gasteiger partial charge is 0.493 e. The summed E-state index contributed by atoms with van der Waals surface area (Å²) in [6.07, 6.45) is 0. The zero-order valence-corrected chi connectivity index (χ0v) is 21.1. The lowest BCUT2D eigenvalue weighted by molar-refractivity contribution is 0.285. The molecule has 37 heavy (non-hydrogen) atoms. The van der Waals surface area contributed by atoms with Gasteiger partial charge in [0.2, 0.25) is 0 Å². The minimum Gasteiger partial charge on any atom is -0.493 e. The van der Waals surface area contributed by atoms with Crippen molar-refractivity contribution in [1.82, 2.24) is 0 Å². The van der Waals surface area contributed by atoms with Gasteiger partial charge >= 0.3 is 0 Å². The fourth-order valence-corrected chi connectivity index (χ4v) is 4.46. The Labute approximate surface area is 215 Å². The Bertz CT molecular complexity index is 1610. The van der Waals surface area contributed by atoms with Crippen molar-refractivity contribution in [2.24, 2.45) is 0 Å². The quantitative estimate of drug-likeness (QED) is 0.237. The molecule has 0 aliphatic heterocycles. The lowest BCUT2D eigenvalue weighted by Gasteiger charge is -2.14. The van der Waals surface area contributed by atoms with Crippen molar-refractivity contribution >= 4 is 21.5 Å². The third kappa shape index (κ3) is 5.07. The van der Waals surface area contributed by atoms with E-state index in [2.05, 4.69) is 0 Å². The Hall–Kier alpha value is -4.51. The SMILES string of the molecule is COc1cc2c(cc1OCc1ccccc1)c(C)cc(=O)c1cc(OCc3ccccc3)c(OC)cc12. The maximum absolute atomic E-state index is 13.3. The lowest BCUT2D eigenvalue weighted by atomic mass is 10.0. The molecule has 0 fully saturated rings. The van der Waals surface area contributed by atoms with E-state index in [4.69, 9.17) is 18.9 Å². The highest BCUT2D eigenvalue weighted by Gasteiger charge is 2.15. The van der Waals surface area contributed by atoms with Crippen LogP contribution in [0.15, 0.2) is 95.8 Å². The van der Waals surface area contributed by atoms with Gasteiger partial charge in [-0.1, -0.05) is 60.7 Å². The standard InChI is InChI=1S/C32H28O5/c1-21-14-28(33)27-18-32(37-20-23-12-8-5-9-13-23)30(35-3)17-26(27)25-16-29(34-2)31(15-24(21)25)36-19-22-10-6-4-7-11-22/h4-18H,19-20H2,1-3H3. The maximum atomic E-state index is 13.3. The number of benzene rings is 4. The van der Waals surface area contributed by atoms with Crippen molar-refractivity contribution < 1.29 is 18.9 Å². The number of aryl methyl sites for hydroxylation is 1. The van der Waals surface area contributed by atoms with Crippen LogP contribution in [0.4, 0.5) is 0 Å². The Balaban J connectivity index is 1.63. The molecule has 0 aliphatic rings. The molecule has 0 saturated heterocycles. The smallest absolute Gasteiger partial charge is 0.186 e. The van der Waals surface area contributed by atoms with E-state index in [9.17, 15) is 4.79 Å². The van der Waals surface area contributed by atoms with Crippen LogP contribution >= 0.6 is 0 Å². The molecule has 0 amide bonds. The van der Waals surface area contributed by atoms with Crippen LogP contribution in [0.2, 0.25) is 0 Å². The predicted molar refractivity (Wildman–Crippen MR) is 147 cm³/mol. The molecule has 0 atom stereocenters. The van der Waals surface area contributed by atoms with E-state index in [-0.39, 0.29) is 5.43 Å². The Morgan fingerprint density at radius 2 is 0.973 bits per heavy atom. The van der Waals surface area contributed by atoms with Gasteiger partial charge < -0.3 is 18.9 Å². The molecular weight excluding hydrogens is 464 g/mol. The second kappa shape index (κ2) is 10.6. The van der Waals surface area contributed by atoms with Crippen LogP contribution in [0.5, 0.6) is 23.0 Å². The molecule has 5 nitrogen and oxygen atoms in total. The van der Waals surface area contributed by atoms with Crippen LogP contribution < -0.4 is 24.4 Å². The van der Waals surface area contributed by atoms with Crippen molar-refractivity contribution in [3.63, 3.8) is 0 Å². The first-order valence-corrected chi connectivity index (χ1v) is 12.1. The molecule has 0 aromatic heterocycles. The van der Waals surface area contributed by atoms with E-state index in [1.807, 2.05) is 85.8 Å². The molecule has 5 aromatic rings. The lowest BCUT2D eigenvalue weighted by Crippen LogP contribution is -2.01. The third-order valence-corrected chi connectivity index (χ3v) is 6.41. The molecular formula is C32H28O5. The molecule has 5 rings (SSSR count). The first-order chi connectivity index (χ1) is 18.1. The van der Waals surface area contributed by atoms with Crippen molar-refractivity contribution in [3.8, 4) is 23.0 Å². The number of fused-ring (bicyclic) bond motifs is 3. The summed E-state index contributed by atoms with van der Waals surface area (Å²) in [5, 5.41) is 3.06. The van der Waals surface area contributed by atoms with Gasteiger partial charge in [-0.3, -0.25) is 4.79 Å². The van der Waals surface area contributed by atoms with E-state index in [0.717, 1.165) is 32.8 Å². The zero-order valence-electron chi connectivity index (χ0n) is 21.1. The average molecular weight is 493 g/mol. The minimum absolute atomic E-state index is 0.0957. The van der Waals surface area contributed by atoms with Gasteiger partial charge in [0.25, 0.3) is 0 Å². The number of hydrogen-bond acceptors (Lipinski definition) is 5. The van der Waals surface area contributed by atoms with Gasteiger partial charge in [0.1, 0.15) is 13.2 Å². The number of ether oxygens (including phenoxy) is 4. The highest BCUT2D eigenvalue weighted by Crippen LogP contribution is 2.39. The second-order valence-electron chi connectivity index (χ2n) is 8.84. The fourth-order valence-electron chi connectivity index (χ4n) is 4.46. The highest BCUT2D eigenvalue weighted by atomic mass is 16.5. The van der Waals surface area contributed by atoms with E-state index in [1.165, 1.54) is 0 Å². The Morgan fingerprint density at radius 1 is 0.541 bits per heavy atom. The van der Waals surface area contributed by atoms with E-state index in [0.29, 0.717) is 41.6 Å². The number of hydrogen-bond donors (Lipinski definition) is 0. The first kappa shape index (κ1) is 24.2. The van der Waals surface area contributed by atoms with Gasteiger partial charge in [0.15, 0.2) is 28.4 Å². The summed E-state index contributed by atoms with van der Waals surface area (Å²) >= 11 is 0. The van der Waals surface area contributed by atoms with Crippen LogP contribution in [-0.2, 0) is 13.2 Å². The van der Waals surface area contributed by atoms with Gasteiger partial charge in [0, 0.05) is 5.39 Å². The van der Waals surface area contributed by atoms with Crippen molar-refractivity contribution in [2.45, 2.75) is 20.1 Å². The molecule has 5 aromatic carbocycles. The molecule has 0 heterocycles. The Kier molecular flexibility index (Phi) is 6.95.